The molecule has 0 unspecified atom stereocenters. The van der Waals surface area contributed by atoms with Crippen molar-refractivity contribution >= 4 is 34.1 Å². The van der Waals surface area contributed by atoms with Crippen molar-refractivity contribution in [2.75, 3.05) is 16.4 Å². The number of carbonyl (C=O) groups excluding carboxylic acids is 1. The van der Waals surface area contributed by atoms with E-state index < -0.39 is 0 Å². The van der Waals surface area contributed by atoms with Crippen molar-refractivity contribution in [1.82, 2.24) is 19.7 Å². The van der Waals surface area contributed by atoms with Crippen LogP contribution < -0.4 is 16.4 Å². The van der Waals surface area contributed by atoms with Crippen LogP contribution in [0.25, 0.3) is 33.4 Å². The average molecular weight is 438 g/mol. The van der Waals surface area contributed by atoms with E-state index in [4.69, 9.17) is 10.8 Å². The molecule has 0 spiro atoms. The molecule has 8 nitrogen and oxygen atoms in total. The number of rotatable bonds is 5. The summed E-state index contributed by atoms with van der Waals surface area (Å²) in [6.07, 6.45) is 5.75. The van der Waals surface area contributed by atoms with Crippen LogP contribution >= 0.6 is 0 Å². The molecule has 8 heteroatoms. The molecule has 0 atom stereocenters. The molecule has 0 bridgehead atoms. The lowest BCUT2D eigenvalue weighted by molar-refractivity contribution is 0.262. The number of nitrogens with two attached hydrogens (primary N) is 1. The summed E-state index contributed by atoms with van der Waals surface area (Å²) in [5.74, 6) is 0. The molecule has 0 saturated heterocycles. The third-order valence-corrected chi connectivity index (χ3v) is 5.40. The van der Waals surface area contributed by atoms with Crippen molar-refractivity contribution in [2.24, 2.45) is 0 Å². The number of H-pyrrole nitrogens is 1. The lowest BCUT2D eigenvalue weighted by Gasteiger charge is -2.09. The Labute approximate surface area is 190 Å². The van der Waals surface area contributed by atoms with Gasteiger partial charge in [0.1, 0.15) is 11.3 Å². The highest BCUT2D eigenvalue weighted by molar-refractivity contribution is 6.00. The van der Waals surface area contributed by atoms with Crippen molar-refractivity contribution in [2.45, 2.75) is 13.5 Å². The number of fused-ring (bicyclic) bond motifs is 1. The maximum Gasteiger partial charge on any atom is 0.323 e. The van der Waals surface area contributed by atoms with Gasteiger partial charge in [-0.05, 0) is 55.0 Å². The van der Waals surface area contributed by atoms with Crippen molar-refractivity contribution in [3.8, 4) is 22.4 Å². The smallest absolute Gasteiger partial charge is 0.323 e. The monoisotopic (exact) mass is 437 g/mol. The van der Waals surface area contributed by atoms with E-state index in [0.29, 0.717) is 17.1 Å². The molecule has 33 heavy (non-hydrogen) atoms. The summed E-state index contributed by atoms with van der Waals surface area (Å²) in [5, 5.41) is 11.5. The molecule has 0 radical (unpaired) electrons. The number of benzene rings is 2. The highest BCUT2D eigenvalue weighted by Gasteiger charge is 2.16. The Morgan fingerprint density at radius 3 is 2.64 bits per heavy atom. The van der Waals surface area contributed by atoms with Crippen LogP contribution in [0.5, 0.6) is 0 Å². The minimum absolute atomic E-state index is 0.337. The van der Waals surface area contributed by atoms with Crippen LogP contribution in [-0.2, 0) is 6.54 Å². The van der Waals surface area contributed by atoms with Gasteiger partial charge in [-0.1, -0.05) is 18.2 Å². The number of nitrogens with one attached hydrogen (secondary N) is 3. The molecule has 3 aromatic heterocycles. The lowest BCUT2D eigenvalue weighted by atomic mass is 10.0. The van der Waals surface area contributed by atoms with Gasteiger partial charge in [-0.15, -0.1) is 0 Å². The zero-order chi connectivity index (χ0) is 22.8. The number of carbonyl (C=O) groups is 1. The summed E-state index contributed by atoms with van der Waals surface area (Å²) in [6, 6.07) is 18.4. The molecule has 3 heterocycles. The topological polar surface area (TPSA) is 114 Å². The first-order valence-corrected chi connectivity index (χ1v) is 10.6. The van der Waals surface area contributed by atoms with Crippen LogP contribution in [0.1, 0.15) is 6.92 Å². The minimum atomic E-state index is -0.337. The van der Waals surface area contributed by atoms with E-state index in [0.717, 1.165) is 40.0 Å². The van der Waals surface area contributed by atoms with Gasteiger partial charge in [0.25, 0.3) is 0 Å². The average Bonchev–Trinajstić information content (AvgIpc) is 3.46. The van der Waals surface area contributed by atoms with E-state index in [1.165, 1.54) is 0 Å². The quantitative estimate of drug-likeness (QED) is 0.278. The largest absolute Gasteiger partial charge is 0.399 e. The third kappa shape index (κ3) is 4.14. The van der Waals surface area contributed by atoms with Gasteiger partial charge in [0.2, 0.25) is 0 Å². The summed E-state index contributed by atoms with van der Waals surface area (Å²) in [6.45, 7) is 2.82. The van der Waals surface area contributed by atoms with Crippen LogP contribution in [-0.4, -0.2) is 25.8 Å². The number of nitrogens with zero attached hydrogens (tertiary/aromatic N) is 3. The van der Waals surface area contributed by atoms with E-state index in [1.807, 2.05) is 47.3 Å². The number of hydrogen-bond donors (Lipinski definition) is 4. The van der Waals surface area contributed by atoms with Crippen molar-refractivity contribution < 1.29 is 4.79 Å². The number of aromatic nitrogens is 4. The highest BCUT2D eigenvalue weighted by atomic mass is 16.2. The fraction of sp³-hybridized carbons (Fsp3) is 0.0800. The van der Waals surface area contributed by atoms with E-state index in [2.05, 4.69) is 33.7 Å². The minimum Gasteiger partial charge on any atom is -0.399 e. The first-order valence-electron chi connectivity index (χ1n) is 10.6. The Hall–Kier alpha value is -4.59. The lowest BCUT2D eigenvalue weighted by Crippen LogP contribution is -2.19. The standard InChI is InChI=1S/C25H23N7O/c1-2-32-15-22(20-10-12-27-24-21(20)11-13-28-24)23(31-32)16-6-8-18(9-7-16)29-25(33)30-19-5-3-4-17(26)14-19/h3-15H,2,26H2,1H3,(H,27,28)(H2,29,30,33). The summed E-state index contributed by atoms with van der Waals surface area (Å²) in [7, 11) is 0. The number of urea groups is 1. The second-order valence-corrected chi connectivity index (χ2v) is 7.63. The number of amides is 2. The predicted octanol–water partition coefficient (Wildman–Crippen LogP) is 5.34. The fourth-order valence-electron chi connectivity index (χ4n) is 3.81. The second kappa shape index (κ2) is 8.51. The van der Waals surface area contributed by atoms with E-state index in [1.54, 1.807) is 30.5 Å². The SMILES string of the molecule is CCn1cc(-c2ccnc3[nH]ccc23)c(-c2ccc(NC(=O)Nc3cccc(N)c3)cc2)n1. The van der Waals surface area contributed by atoms with Gasteiger partial charge < -0.3 is 21.4 Å². The van der Waals surface area contributed by atoms with Gasteiger partial charge in [0, 0.05) is 58.7 Å². The molecule has 2 aromatic carbocycles. The van der Waals surface area contributed by atoms with Gasteiger partial charge >= 0.3 is 6.03 Å². The Morgan fingerprint density at radius 1 is 1.03 bits per heavy atom. The molecule has 5 aromatic rings. The fourth-order valence-corrected chi connectivity index (χ4v) is 3.81. The Kier molecular flexibility index (Phi) is 5.24. The van der Waals surface area contributed by atoms with Gasteiger partial charge in [-0.25, -0.2) is 9.78 Å². The second-order valence-electron chi connectivity index (χ2n) is 7.63. The number of aromatic amines is 1. The molecule has 0 aliphatic carbocycles. The predicted molar refractivity (Wildman–Crippen MR) is 132 cm³/mol. The van der Waals surface area contributed by atoms with Gasteiger partial charge in [-0.3, -0.25) is 4.68 Å². The molecule has 2 amide bonds. The van der Waals surface area contributed by atoms with Crippen molar-refractivity contribution in [3.05, 3.63) is 79.3 Å². The number of hydrogen-bond acceptors (Lipinski definition) is 4. The van der Waals surface area contributed by atoms with Crippen LogP contribution in [0.15, 0.2) is 79.3 Å². The maximum atomic E-state index is 12.3. The molecular formula is C25H23N7O. The highest BCUT2D eigenvalue weighted by Crippen LogP contribution is 2.35. The summed E-state index contributed by atoms with van der Waals surface area (Å²) < 4.78 is 1.93. The van der Waals surface area contributed by atoms with Crippen molar-refractivity contribution in [3.63, 3.8) is 0 Å². The van der Waals surface area contributed by atoms with Gasteiger partial charge in [-0.2, -0.15) is 5.10 Å². The van der Waals surface area contributed by atoms with Crippen molar-refractivity contribution in [1.29, 1.82) is 0 Å². The molecule has 0 fully saturated rings. The zero-order valence-electron chi connectivity index (χ0n) is 18.0. The number of pyridine rings is 1. The molecule has 0 aliphatic rings. The van der Waals surface area contributed by atoms with Crippen LogP contribution in [0.2, 0.25) is 0 Å². The molecule has 0 aliphatic heterocycles. The van der Waals surface area contributed by atoms with Crippen LogP contribution in [0.4, 0.5) is 21.9 Å². The summed E-state index contributed by atoms with van der Waals surface area (Å²) in [4.78, 5) is 19.9. The Morgan fingerprint density at radius 2 is 1.85 bits per heavy atom. The Balaban J connectivity index is 1.41. The molecule has 164 valence electrons. The van der Waals surface area contributed by atoms with E-state index in [9.17, 15) is 4.79 Å². The normalized spacial score (nSPS) is 10.9. The number of nitrogen functional groups attached to an aromatic ring is 1. The van der Waals surface area contributed by atoms with Crippen LogP contribution in [0, 0.1) is 0 Å². The van der Waals surface area contributed by atoms with E-state index in [-0.39, 0.29) is 6.03 Å². The molecular weight excluding hydrogens is 414 g/mol. The van der Waals surface area contributed by atoms with Gasteiger partial charge in [0.15, 0.2) is 0 Å². The summed E-state index contributed by atoms with van der Waals surface area (Å²) >= 11 is 0. The first kappa shape index (κ1) is 20.3. The maximum absolute atomic E-state index is 12.3. The van der Waals surface area contributed by atoms with E-state index >= 15 is 0 Å². The van der Waals surface area contributed by atoms with Crippen LogP contribution in [0.3, 0.4) is 0 Å². The number of anilines is 3. The Bertz CT molecular complexity index is 1430. The first-order chi connectivity index (χ1) is 16.1. The molecule has 5 N–H and O–H groups in total. The van der Waals surface area contributed by atoms with Gasteiger partial charge in [0.05, 0.1) is 0 Å². The summed E-state index contributed by atoms with van der Waals surface area (Å²) in [5.41, 5.74) is 12.4. The third-order valence-electron chi connectivity index (χ3n) is 5.40. The number of aryl methyl sites for hydroxylation is 1. The molecule has 5 rings (SSSR count). The molecule has 0 saturated carbocycles. The zero-order valence-corrected chi connectivity index (χ0v) is 18.0.